The molecule has 0 saturated heterocycles. The van der Waals surface area contributed by atoms with Crippen LogP contribution in [-0.4, -0.2) is 22.4 Å². The Bertz CT molecular complexity index is 287. The zero-order chi connectivity index (χ0) is 10.6. The maximum Gasteiger partial charge on any atom is 0.408 e. The van der Waals surface area contributed by atoms with Gasteiger partial charge in [-0.1, -0.05) is 0 Å². The zero-order valence-corrected chi connectivity index (χ0v) is 7.28. The fraction of sp³-hybridized carbons (Fsp3) is 0.250. The molecule has 0 aromatic heterocycles. The number of carbonyl (C=O) groups is 2. The number of carboxylic acid groups (broad SMARTS) is 2. The molecule has 1 rings (SSSR count). The molecular formula is C8H10N2O4. The molecule has 0 aromatic carbocycles. The molecule has 6 heteroatoms. The Kier molecular flexibility index (Phi) is 3.11. The van der Waals surface area contributed by atoms with Gasteiger partial charge in [0.2, 0.25) is 0 Å². The molecule has 0 unspecified atom stereocenters. The van der Waals surface area contributed by atoms with Crippen LogP contribution in [0.5, 0.6) is 0 Å². The Morgan fingerprint density at radius 2 is 1.36 bits per heavy atom. The lowest BCUT2D eigenvalue weighted by atomic mass is 10.1. The van der Waals surface area contributed by atoms with Crippen LogP contribution >= 0.6 is 0 Å². The van der Waals surface area contributed by atoms with Crippen molar-refractivity contribution < 1.29 is 19.8 Å². The molecule has 1 aliphatic carbocycles. The highest BCUT2D eigenvalue weighted by atomic mass is 16.4. The van der Waals surface area contributed by atoms with Gasteiger partial charge in [-0.15, -0.1) is 0 Å². The van der Waals surface area contributed by atoms with Gasteiger partial charge in [-0.05, 0) is 25.0 Å². The lowest BCUT2D eigenvalue weighted by Crippen LogP contribution is -2.25. The standard InChI is InChI=1S/C8H10N2O4/c11-7(12)9-5-1-2-6(4-3-5)10-8(13)14/h1-2,9-10H,3-4H2,(H,11,12)(H,13,14). The molecule has 0 aromatic rings. The molecule has 1 aliphatic rings. The van der Waals surface area contributed by atoms with Crippen LogP contribution in [0, 0.1) is 0 Å². The molecule has 0 radical (unpaired) electrons. The summed E-state index contributed by atoms with van der Waals surface area (Å²) >= 11 is 0. The van der Waals surface area contributed by atoms with E-state index in [1.165, 1.54) is 0 Å². The summed E-state index contributed by atoms with van der Waals surface area (Å²) in [5.41, 5.74) is 1.13. The van der Waals surface area contributed by atoms with E-state index in [-0.39, 0.29) is 0 Å². The first-order valence-electron chi connectivity index (χ1n) is 3.97. The van der Waals surface area contributed by atoms with Crippen LogP contribution in [0.3, 0.4) is 0 Å². The molecule has 0 spiro atoms. The van der Waals surface area contributed by atoms with E-state index in [1.807, 2.05) is 0 Å². The highest BCUT2D eigenvalue weighted by molar-refractivity contribution is 5.68. The largest absolute Gasteiger partial charge is 0.465 e. The summed E-state index contributed by atoms with van der Waals surface area (Å²) in [5, 5.41) is 21.2. The second kappa shape index (κ2) is 4.31. The van der Waals surface area contributed by atoms with E-state index in [2.05, 4.69) is 10.6 Å². The van der Waals surface area contributed by atoms with E-state index in [1.54, 1.807) is 12.2 Å². The van der Waals surface area contributed by atoms with Gasteiger partial charge in [0.05, 0.1) is 0 Å². The molecule has 2 amide bonds. The third-order valence-electron chi connectivity index (χ3n) is 1.68. The molecule has 0 fully saturated rings. The number of amides is 2. The van der Waals surface area contributed by atoms with E-state index in [4.69, 9.17) is 10.2 Å². The van der Waals surface area contributed by atoms with Crippen LogP contribution in [0.2, 0.25) is 0 Å². The van der Waals surface area contributed by atoms with Gasteiger partial charge in [0.15, 0.2) is 0 Å². The van der Waals surface area contributed by atoms with Crippen molar-refractivity contribution in [1.29, 1.82) is 0 Å². The van der Waals surface area contributed by atoms with Crippen molar-refractivity contribution in [1.82, 2.24) is 10.6 Å². The molecule has 76 valence electrons. The fourth-order valence-corrected chi connectivity index (χ4v) is 1.12. The van der Waals surface area contributed by atoms with E-state index in [9.17, 15) is 9.59 Å². The zero-order valence-electron chi connectivity index (χ0n) is 7.28. The summed E-state index contributed by atoms with van der Waals surface area (Å²) in [6.45, 7) is 0. The van der Waals surface area contributed by atoms with Crippen LogP contribution in [-0.2, 0) is 0 Å². The van der Waals surface area contributed by atoms with Crippen LogP contribution in [0.15, 0.2) is 23.5 Å². The van der Waals surface area contributed by atoms with Crippen LogP contribution in [0.25, 0.3) is 0 Å². The van der Waals surface area contributed by atoms with Gasteiger partial charge in [0.1, 0.15) is 0 Å². The van der Waals surface area contributed by atoms with Gasteiger partial charge >= 0.3 is 12.2 Å². The normalized spacial score (nSPS) is 15.1. The molecule has 14 heavy (non-hydrogen) atoms. The minimum atomic E-state index is -1.11. The Balaban J connectivity index is 2.55. The molecule has 0 atom stereocenters. The lowest BCUT2D eigenvalue weighted by molar-refractivity contribution is 0.195. The van der Waals surface area contributed by atoms with E-state index < -0.39 is 12.2 Å². The number of hydrogen-bond donors (Lipinski definition) is 4. The average Bonchev–Trinajstić information content (AvgIpc) is 2.06. The van der Waals surface area contributed by atoms with E-state index in [0.29, 0.717) is 24.2 Å². The summed E-state index contributed by atoms with van der Waals surface area (Å²) in [6, 6.07) is 0. The summed E-state index contributed by atoms with van der Waals surface area (Å²) in [7, 11) is 0. The van der Waals surface area contributed by atoms with Gasteiger partial charge in [-0.25, -0.2) is 9.59 Å². The first-order chi connectivity index (χ1) is 6.58. The summed E-state index contributed by atoms with van der Waals surface area (Å²) in [5.74, 6) is 0. The van der Waals surface area contributed by atoms with Gasteiger partial charge in [-0.3, -0.25) is 10.6 Å². The second-order valence-corrected chi connectivity index (χ2v) is 2.74. The van der Waals surface area contributed by atoms with Gasteiger partial charge in [-0.2, -0.15) is 0 Å². The highest BCUT2D eigenvalue weighted by Crippen LogP contribution is 2.14. The first-order valence-corrected chi connectivity index (χ1v) is 3.97. The molecule has 0 bridgehead atoms. The quantitative estimate of drug-likeness (QED) is 0.533. The Labute approximate surface area is 79.9 Å². The van der Waals surface area contributed by atoms with Crippen LogP contribution < -0.4 is 10.6 Å². The summed E-state index contributed by atoms with van der Waals surface area (Å²) in [6.07, 6.45) is 1.83. The number of hydrogen-bond acceptors (Lipinski definition) is 2. The van der Waals surface area contributed by atoms with Crippen molar-refractivity contribution in [2.75, 3.05) is 0 Å². The monoisotopic (exact) mass is 198 g/mol. The van der Waals surface area contributed by atoms with Crippen molar-refractivity contribution in [3.05, 3.63) is 23.5 Å². The Morgan fingerprint density at radius 1 is 1.00 bits per heavy atom. The predicted octanol–water partition coefficient (Wildman–Crippen LogP) is 1.08. The minimum absolute atomic E-state index is 0.485. The maximum absolute atomic E-state index is 10.2. The second-order valence-electron chi connectivity index (χ2n) is 2.74. The van der Waals surface area contributed by atoms with Crippen molar-refractivity contribution >= 4 is 12.2 Å². The van der Waals surface area contributed by atoms with Crippen molar-refractivity contribution in [2.24, 2.45) is 0 Å². The number of allylic oxidation sites excluding steroid dienone is 4. The molecule has 0 heterocycles. The molecular weight excluding hydrogens is 188 g/mol. The summed E-state index contributed by atoms with van der Waals surface area (Å²) < 4.78 is 0. The topological polar surface area (TPSA) is 98.7 Å². The SMILES string of the molecule is O=C(O)NC1=CC=C(NC(=O)O)CC1. The summed E-state index contributed by atoms with van der Waals surface area (Å²) in [4.78, 5) is 20.5. The van der Waals surface area contributed by atoms with E-state index in [0.717, 1.165) is 0 Å². The molecule has 4 N–H and O–H groups in total. The smallest absolute Gasteiger partial charge is 0.408 e. The van der Waals surface area contributed by atoms with Crippen molar-refractivity contribution in [3.8, 4) is 0 Å². The average molecular weight is 198 g/mol. The number of rotatable bonds is 2. The first kappa shape index (κ1) is 10.1. The van der Waals surface area contributed by atoms with Gasteiger partial charge in [0, 0.05) is 11.4 Å². The van der Waals surface area contributed by atoms with Gasteiger partial charge < -0.3 is 10.2 Å². The maximum atomic E-state index is 10.2. The third kappa shape index (κ3) is 3.18. The fourth-order valence-electron chi connectivity index (χ4n) is 1.12. The van der Waals surface area contributed by atoms with Crippen LogP contribution in [0.4, 0.5) is 9.59 Å². The van der Waals surface area contributed by atoms with E-state index >= 15 is 0 Å². The third-order valence-corrected chi connectivity index (χ3v) is 1.68. The highest BCUT2D eigenvalue weighted by Gasteiger charge is 2.09. The number of nitrogens with one attached hydrogen (secondary N) is 2. The Morgan fingerprint density at radius 3 is 1.57 bits per heavy atom. The van der Waals surface area contributed by atoms with Crippen molar-refractivity contribution in [3.63, 3.8) is 0 Å². The molecule has 0 saturated carbocycles. The lowest BCUT2D eigenvalue weighted by Gasteiger charge is -2.13. The molecule has 6 nitrogen and oxygen atoms in total. The predicted molar refractivity (Wildman–Crippen MR) is 47.7 cm³/mol. The Hall–Kier alpha value is -1.98. The van der Waals surface area contributed by atoms with Crippen molar-refractivity contribution in [2.45, 2.75) is 12.8 Å². The van der Waals surface area contributed by atoms with Crippen LogP contribution in [0.1, 0.15) is 12.8 Å². The minimum Gasteiger partial charge on any atom is -0.465 e. The van der Waals surface area contributed by atoms with Gasteiger partial charge in [0.25, 0.3) is 0 Å². The molecule has 0 aliphatic heterocycles.